The molecule has 6 nitrogen and oxygen atoms in total. The van der Waals surface area contributed by atoms with E-state index >= 15 is 0 Å². The molecule has 18 heavy (non-hydrogen) atoms. The Labute approximate surface area is 106 Å². The summed E-state index contributed by atoms with van der Waals surface area (Å²) < 4.78 is 5.15. The average Bonchev–Trinajstić information content (AvgIpc) is 3.02. The molecular weight excluding hydrogens is 236 g/mol. The molecular formula is C12H20N2O4. The van der Waals surface area contributed by atoms with Crippen molar-refractivity contribution in [2.45, 2.75) is 25.3 Å². The van der Waals surface area contributed by atoms with Crippen molar-refractivity contribution in [2.24, 2.45) is 11.8 Å². The standard InChI is InChI=1S/C12H20N2O4/c1-14(10-7-18-6-9(10)11(15)16)12(17)13-5-4-8-2-3-8/h8-10H,2-7H2,1H3,(H,13,17)(H,15,16). The summed E-state index contributed by atoms with van der Waals surface area (Å²) in [6, 6.07) is -0.583. The Bertz CT molecular complexity index is 330. The lowest BCUT2D eigenvalue weighted by Gasteiger charge is -2.26. The lowest BCUT2D eigenvalue weighted by atomic mass is 10.0. The number of hydrogen-bond donors (Lipinski definition) is 2. The fourth-order valence-corrected chi connectivity index (χ4v) is 2.23. The van der Waals surface area contributed by atoms with Gasteiger partial charge in [0.2, 0.25) is 0 Å². The number of aliphatic carboxylic acids is 1. The summed E-state index contributed by atoms with van der Waals surface area (Å²) in [5, 5.41) is 11.9. The predicted octanol–water partition coefficient (Wildman–Crippen LogP) is 0.527. The van der Waals surface area contributed by atoms with Gasteiger partial charge in [0.25, 0.3) is 0 Å². The molecule has 1 aliphatic heterocycles. The van der Waals surface area contributed by atoms with Crippen LogP contribution in [0.3, 0.4) is 0 Å². The summed E-state index contributed by atoms with van der Waals surface area (Å²) >= 11 is 0. The Morgan fingerprint density at radius 3 is 2.72 bits per heavy atom. The molecule has 0 spiro atoms. The number of rotatable bonds is 5. The van der Waals surface area contributed by atoms with Crippen molar-refractivity contribution in [1.82, 2.24) is 10.2 Å². The summed E-state index contributed by atoms with van der Waals surface area (Å²) in [5.41, 5.74) is 0. The average molecular weight is 256 g/mol. The Hall–Kier alpha value is -1.30. The van der Waals surface area contributed by atoms with E-state index in [2.05, 4.69) is 5.32 Å². The van der Waals surface area contributed by atoms with E-state index < -0.39 is 11.9 Å². The Balaban J connectivity index is 1.78. The predicted molar refractivity (Wildman–Crippen MR) is 64.2 cm³/mol. The normalized spacial score (nSPS) is 26.9. The zero-order chi connectivity index (χ0) is 13.1. The van der Waals surface area contributed by atoms with Crippen molar-refractivity contribution in [3.8, 4) is 0 Å². The molecule has 102 valence electrons. The number of hydrogen-bond acceptors (Lipinski definition) is 3. The SMILES string of the molecule is CN(C(=O)NCCC1CC1)C1COCC1C(=O)O. The monoisotopic (exact) mass is 256 g/mol. The van der Waals surface area contributed by atoms with Gasteiger partial charge in [0.1, 0.15) is 5.92 Å². The van der Waals surface area contributed by atoms with Crippen molar-refractivity contribution >= 4 is 12.0 Å². The van der Waals surface area contributed by atoms with Gasteiger partial charge in [-0.1, -0.05) is 12.8 Å². The van der Waals surface area contributed by atoms with Gasteiger partial charge in [0.15, 0.2) is 0 Å². The summed E-state index contributed by atoms with van der Waals surface area (Å²) in [6.45, 7) is 1.14. The molecule has 2 N–H and O–H groups in total. The molecule has 1 saturated heterocycles. The highest BCUT2D eigenvalue weighted by atomic mass is 16.5. The maximum Gasteiger partial charge on any atom is 0.317 e. The number of likely N-dealkylation sites (N-methyl/N-ethyl adjacent to an activating group) is 1. The number of amides is 2. The van der Waals surface area contributed by atoms with Crippen LogP contribution in [0.25, 0.3) is 0 Å². The van der Waals surface area contributed by atoms with E-state index in [1.54, 1.807) is 7.05 Å². The van der Waals surface area contributed by atoms with Crippen molar-refractivity contribution in [3.63, 3.8) is 0 Å². The number of carbonyl (C=O) groups is 2. The number of nitrogens with zero attached hydrogens (tertiary/aromatic N) is 1. The van der Waals surface area contributed by atoms with Gasteiger partial charge in [-0.05, 0) is 12.3 Å². The maximum atomic E-state index is 11.9. The first-order valence-electron chi connectivity index (χ1n) is 6.41. The minimum Gasteiger partial charge on any atom is -0.481 e. The molecule has 0 radical (unpaired) electrons. The number of carbonyl (C=O) groups excluding carboxylic acids is 1. The number of ether oxygens (including phenoxy) is 1. The summed E-state index contributed by atoms with van der Waals surface area (Å²) in [5.74, 6) is -0.753. The van der Waals surface area contributed by atoms with Gasteiger partial charge in [-0.15, -0.1) is 0 Å². The van der Waals surface area contributed by atoms with E-state index in [1.807, 2.05) is 0 Å². The van der Waals surface area contributed by atoms with Crippen LogP contribution in [0.1, 0.15) is 19.3 Å². The summed E-state index contributed by atoms with van der Waals surface area (Å²) in [4.78, 5) is 24.3. The Morgan fingerprint density at radius 1 is 1.39 bits per heavy atom. The molecule has 2 unspecified atom stereocenters. The van der Waals surface area contributed by atoms with Crippen LogP contribution in [0.4, 0.5) is 4.79 Å². The molecule has 1 saturated carbocycles. The van der Waals surface area contributed by atoms with E-state index in [-0.39, 0.29) is 18.7 Å². The van der Waals surface area contributed by atoms with Crippen LogP contribution < -0.4 is 5.32 Å². The van der Waals surface area contributed by atoms with Gasteiger partial charge in [0.05, 0.1) is 19.3 Å². The van der Waals surface area contributed by atoms with E-state index in [1.165, 1.54) is 17.7 Å². The largest absolute Gasteiger partial charge is 0.481 e. The molecule has 0 aromatic rings. The molecule has 2 aliphatic rings. The van der Waals surface area contributed by atoms with Crippen molar-refractivity contribution < 1.29 is 19.4 Å². The van der Waals surface area contributed by atoms with E-state index in [0.717, 1.165) is 12.3 Å². The second kappa shape index (κ2) is 5.56. The van der Waals surface area contributed by atoms with Crippen molar-refractivity contribution in [1.29, 1.82) is 0 Å². The zero-order valence-electron chi connectivity index (χ0n) is 10.6. The molecule has 0 aromatic heterocycles. The molecule has 2 fully saturated rings. The van der Waals surface area contributed by atoms with Crippen LogP contribution in [-0.4, -0.2) is 54.9 Å². The minimum atomic E-state index is -0.907. The third kappa shape index (κ3) is 3.13. The minimum absolute atomic E-state index is 0.180. The highest BCUT2D eigenvalue weighted by molar-refractivity contribution is 5.77. The molecule has 0 aromatic carbocycles. The zero-order valence-corrected chi connectivity index (χ0v) is 10.6. The molecule has 1 aliphatic carbocycles. The van der Waals surface area contributed by atoms with Crippen LogP contribution in [0.5, 0.6) is 0 Å². The van der Waals surface area contributed by atoms with Crippen molar-refractivity contribution in [3.05, 3.63) is 0 Å². The van der Waals surface area contributed by atoms with Gasteiger partial charge in [-0.2, -0.15) is 0 Å². The van der Waals surface area contributed by atoms with E-state index in [9.17, 15) is 9.59 Å². The first kappa shape index (κ1) is 13.1. The van der Waals surface area contributed by atoms with Gasteiger partial charge in [-0.3, -0.25) is 4.79 Å². The first-order chi connectivity index (χ1) is 8.59. The van der Waals surface area contributed by atoms with Crippen LogP contribution >= 0.6 is 0 Å². The third-order valence-corrected chi connectivity index (χ3v) is 3.71. The van der Waals surface area contributed by atoms with E-state index in [4.69, 9.17) is 9.84 Å². The molecule has 6 heteroatoms. The van der Waals surface area contributed by atoms with Gasteiger partial charge >= 0.3 is 12.0 Å². The Morgan fingerprint density at radius 2 is 2.11 bits per heavy atom. The van der Waals surface area contributed by atoms with Crippen LogP contribution in [0.15, 0.2) is 0 Å². The Kier molecular flexibility index (Phi) is 4.06. The smallest absolute Gasteiger partial charge is 0.317 e. The summed E-state index contributed by atoms with van der Waals surface area (Å²) in [6.07, 6.45) is 3.55. The highest BCUT2D eigenvalue weighted by Crippen LogP contribution is 2.31. The van der Waals surface area contributed by atoms with Crippen LogP contribution in [0, 0.1) is 11.8 Å². The number of urea groups is 1. The molecule has 2 atom stereocenters. The number of nitrogens with one attached hydrogen (secondary N) is 1. The lowest BCUT2D eigenvalue weighted by molar-refractivity contribution is -0.142. The lowest BCUT2D eigenvalue weighted by Crippen LogP contribution is -2.48. The highest BCUT2D eigenvalue weighted by Gasteiger charge is 2.38. The van der Waals surface area contributed by atoms with Gasteiger partial charge in [-0.25, -0.2) is 4.79 Å². The second-order valence-corrected chi connectivity index (χ2v) is 5.12. The second-order valence-electron chi connectivity index (χ2n) is 5.12. The first-order valence-corrected chi connectivity index (χ1v) is 6.41. The van der Waals surface area contributed by atoms with Crippen molar-refractivity contribution in [2.75, 3.05) is 26.8 Å². The van der Waals surface area contributed by atoms with E-state index in [0.29, 0.717) is 13.2 Å². The van der Waals surface area contributed by atoms with Crippen LogP contribution in [0.2, 0.25) is 0 Å². The third-order valence-electron chi connectivity index (χ3n) is 3.71. The van der Waals surface area contributed by atoms with Gasteiger partial charge < -0.3 is 20.1 Å². The fourth-order valence-electron chi connectivity index (χ4n) is 2.23. The summed E-state index contributed by atoms with van der Waals surface area (Å²) in [7, 11) is 1.63. The molecule has 2 rings (SSSR count). The van der Waals surface area contributed by atoms with Crippen LogP contribution in [-0.2, 0) is 9.53 Å². The fraction of sp³-hybridized carbons (Fsp3) is 0.833. The maximum absolute atomic E-state index is 11.9. The molecule has 0 bridgehead atoms. The number of carboxylic acid groups (broad SMARTS) is 1. The quantitative estimate of drug-likeness (QED) is 0.752. The molecule has 2 amide bonds. The topological polar surface area (TPSA) is 78.9 Å². The van der Waals surface area contributed by atoms with Gasteiger partial charge in [0, 0.05) is 13.6 Å². The molecule has 1 heterocycles. The number of carboxylic acids is 1.